The smallest absolute Gasteiger partial charge is 0.291 e. The normalized spacial score (nSPS) is 14.9. The third kappa shape index (κ3) is 3.74. The van der Waals surface area contributed by atoms with Gasteiger partial charge in [0.2, 0.25) is 5.76 Å². The van der Waals surface area contributed by atoms with Gasteiger partial charge in [-0.1, -0.05) is 35.9 Å². The van der Waals surface area contributed by atoms with Crippen LogP contribution in [0.5, 0.6) is 11.5 Å². The summed E-state index contributed by atoms with van der Waals surface area (Å²) in [5, 5.41) is 0.989. The first-order valence-corrected chi connectivity index (χ1v) is 11.6. The number of carbonyl (C=O) groups excluding carboxylic acids is 1. The lowest BCUT2D eigenvalue weighted by Crippen LogP contribution is -2.29. The minimum absolute atomic E-state index is 0.0533. The zero-order chi connectivity index (χ0) is 24.9. The van der Waals surface area contributed by atoms with Crippen LogP contribution in [0.15, 0.2) is 63.8 Å². The Kier molecular flexibility index (Phi) is 5.77. The van der Waals surface area contributed by atoms with Crippen LogP contribution in [0.1, 0.15) is 44.4 Å². The molecular formula is C28H24ClNO5. The van der Waals surface area contributed by atoms with Gasteiger partial charge in [0.05, 0.1) is 31.2 Å². The highest BCUT2D eigenvalue weighted by molar-refractivity contribution is 6.31. The lowest BCUT2D eigenvalue weighted by molar-refractivity contribution is 0.0714. The van der Waals surface area contributed by atoms with Gasteiger partial charge in [-0.05, 0) is 66.4 Å². The molecule has 0 spiro atoms. The third-order valence-electron chi connectivity index (χ3n) is 6.60. The molecule has 1 atom stereocenters. The number of benzene rings is 3. The predicted molar refractivity (Wildman–Crippen MR) is 135 cm³/mol. The van der Waals surface area contributed by atoms with Gasteiger partial charge in [-0.3, -0.25) is 9.59 Å². The maximum absolute atomic E-state index is 13.8. The molecule has 1 aliphatic rings. The van der Waals surface area contributed by atoms with E-state index in [1.807, 2.05) is 50.2 Å². The molecule has 0 fully saturated rings. The molecule has 6 nitrogen and oxygen atoms in total. The minimum Gasteiger partial charge on any atom is -0.493 e. The molecule has 0 saturated heterocycles. The van der Waals surface area contributed by atoms with E-state index in [0.29, 0.717) is 38.6 Å². The molecule has 3 aromatic carbocycles. The summed E-state index contributed by atoms with van der Waals surface area (Å²) in [6.45, 7) is 4.09. The number of ether oxygens (including phenoxy) is 2. The number of carbonyl (C=O) groups is 1. The van der Waals surface area contributed by atoms with Crippen molar-refractivity contribution in [2.45, 2.75) is 26.4 Å². The van der Waals surface area contributed by atoms with Gasteiger partial charge >= 0.3 is 0 Å². The first kappa shape index (κ1) is 23.0. The fourth-order valence-corrected chi connectivity index (χ4v) is 4.81. The minimum atomic E-state index is -0.684. The average Bonchev–Trinajstić information content (AvgIpc) is 3.13. The van der Waals surface area contributed by atoms with Crippen molar-refractivity contribution in [3.05, 3.63) is 103 Å². The number of fused-ring (bicyclic) bond motifs is 2. The van der Waals surface area contributed by atoms with Gasteiger partial charge in [-0.15, -0.1) is 0 Å². The Balaban J connectivity index is 1.76. The van der Waals surface area contributed by atoms with Crippen LogP contribution in [-0.4, -0.2) is 25.0 Å². The van der Waals surface area contributed by atoms with Crippen molar-refractivity contribution in [2.75, 3.05) is 14.2 Å². The summed E-state index contributed by atoms with van der Waals surface area (Å²) in [6.07, 6.45) is 0. The van der Waals surface area contributed by atoms with Crippen molar-refractivity contribution in [2.24, 2.45) is 0 Å². The monoisotopic (exact) mass is 489 g/mol. The molecule has 0 N–H and O–H groups in total. The van der Waals surface area contributed by atoms with Crippen molar-refractivity contribution in [3.8, 4) is 11.5 Å². The summed E-state index contributed by atoms with van der Waals surface area (Å²) in [6, 6.07) is 15.7. The Morgan fingerprint density at radius 2 is 1.66 bits per heavy atom. The second-order valence-corrected chi connectivity index (χ2v) is 9.06. The zero-order valence-corrected chi connectivity index (χ0v) is 20.6. The highest BCUT2D eigenvalue weighted by Crippen LogP contribution is 2.42. The molecule has 0 bridgehead atoms. The summed E-state index contributed by atoms with van der Waals surface area (Å²) in [4.78, 5) is 29.2. The zero-order valence-electron chi connectivity index (χ0n) is 19.8. The lowest BCUT2D eigenvalue weighted by atomic mass is 9.97. The number of nitrogens with zero attached hydrogens (tertiary/aromatic N) is 1. The van der Waals surface area contributed by atoms with E-state index in [-0.39, 0.29) is 23.6 Å². The fraction of sp³-hybridized carbons (Fsp3) is 0.214. The molecule has 0 radical (unpaired) electrons. The summed E-state index contributed by atoms with van der Waals surface area (Å²) in [5.41, 5.74) is 3.92. The highest BCUT2D eigenvalue weighted by atomic mass is 35.5. The van der Waals surface area contributed by atoms with Crippen molar-refractivity contribution >= 4 is 28.5 Å². The number of hydrogen-bond acceptors (Lipinski definition) is 5. The molecule has 5 rings (SSSR count). The molecular weight excluding hydrogens is 466 g/mol. The fourth-order valence-electron chi connectivity index (χ4n) is 4.62. The maximum atomic E-state index is 13.8. The highest BCUT2D eigenvalue weighted by Gasteiger charge is 2.43. The lowest BCUT2D eigenvalue weighted by Gasteiger charge is -2.26. The molecule has 1 amide bonds. The van der Waals surface area contributed by atoms with Gasteiger partial charge in [-0.2, -0.15) is 0 Å². The number of rotatable bonds is 5. The Bertz CT molecular complexity index is 1540. The van der Waals surface area contributed by atoms with Crippen molar-refractivity contribution < 1.29 is 18.7 Å². The topological polar surface area (TPSA) is 69.0 Å². The Morgan fingerprint density at radius 3 is 2.37 bits per heavy atom. The molecule has 2 heterocycles. The molecule has 178 valence electrons. The van der Waals surface area contributed by atoms with Crippen LogP contribution in [0.4, 0.5) is 0 Å². The second-order valence-electron chi connectivity index (χ2n) is 8.65. The van der Waals surface area contributed by atoms with Crippen LogP contribution in [0.3, 0.4) is 0 Å². The molecule has 1 aromatic heterocycles. The Morgan fingerprint density at radius 1 is 0.943 bits per heavy atom. The molecule has 0 saturated carbocycles. The first-order valence-electron chi connectivity index (χ1n) is 11.2. The van der Waals surface area contributed by atoms with E-state index in [0.717, 1.165) is 16.7 Å². The van der Waals surface area contributed by atoms with Gasteiger partial charge in [0, 0.05) is 11.6 Å². The number of methoxy groups -OCH3 is 2. The van der Waals surface area contributed by atoms with Crippen LogP contribution >= 0.6 is 11.6 Å². The van der Waals surface area contributed by atoms with Crippen LogP contribution in [-0.2, 0) is 6.54 Å². The molecule has 4 aromatic rings. The quantitative estimate of drug-likeness (QED) is 0.353. The maximum Gasteiger partial charge on any atom is 0.291 e. The average molecular weight is 490 g/mol. The third-order valence-corrected chi connectivity index (χ3v) is 6.97. The number of hydrogen-bond donors (Lipinski definition) is 0. The van der Waals surface area contributed by atoms with Gasteiger partial charge in [0.15, 0.2) is 16.9 Å². The van der Waals surface area contributed by atoms with Gasteiger partial charge in [0.1, 0.15) is 5.58 Å². The van der Waals surface area contributed by atoms with Gasteiger partial charge in [0.25, 0.3) is 5.91 Å². The molecule has 1 aliphatic heterocycles. The largest absolute Gasteiger partial charge is 0.493 e. The first-order chi connectivity index (χ1) is 16.8. The van der Waals surface area contributed by atoms with E-state index in [1.165, 1.54) is 0 Å². The van der Waals surface area contributed by atoms with Crippen molar-refractivity contribution in [1.29, 1.82) is 0 Å². The molecule has 35 heavy (non-hydrogen) atoms. The summed E-state index contributed by atoms with van der Waals surface area (Å²) < 4.78 is 17.0. The standard InChI is InChI=1S/C28H24ClNO5/c1-15-11-19-22(12-16(15)2)35-27-24(26(19)31)25(17-9-10-21(33-3)23(13-17)34-4)30(28(27)32)14-18-7-5-6-8-20(18)29/h5-13,25H,14H2,1-4H3/t25-/m0/s1. The van der Waals surface area contributed by atoms with Gasteiger partial charge < -0.3 is 18.8 Å². The van der Waals surface area contributed by atoms with E-state index in [9.17, 15) is 9.59 Å². The summed E-state index contributed by atoms with van der Waals surface area (Å²) in [7, 11) is 3.10. The summed E-state index contributed by atoms with van der Waals surface area (Å²) >= 11 is 6.43. The SMILES string of the molecule is COc1ccc([C@H]2c3c(oc4cc(C)c(C)cc4c3=O)C(=O)N2Cc2ccccc2Cl)cc1OC. The van der Waals surface area contributed by atoms with Crippen molar-refractivity contribution in [3.63, 3.8) is 0 Å². The second kappa shape index (κ2) is 8.78. The Labute approximate surface area is 207 Å². The van der Waals surface area contributed by atoms with Crippen molar-refractivity contribution in [1.82, 2.24) is 4.90 Å². The molecule has 7 heteroatoms. The van der Waals surface area contributed by atoms with Crippen LogP contribution in [0, 0.1) is 13.8 Å². The number of amides is 1. The van der Waals surface area contributed by atoms with Crippen LogP contribution in [0.2, 0.25) is 5.02 Å². The van der Waals surface area contributed by atoms with E-state index in [2.05, 4.69) is 0 Å². The van der Waals surface area contributed by atoms with E-state index in [4.69, 9.17) is 25.5 Å². The van der Waals surface area contributed by atoms with E-state index >= 15 is 0 Å². The molecule has 0 aliphatic carbocycles. The van der Waals surface area contributed by atoms with E-state index in [1.54, 1.807) is 37.3 Å². The predicted octanol–water partition coefficient (Wildman–Crippen LogP) is 5.83. The number of aryl methyl sites for hydroxylation is 2. The number of halogens is 1. The molecule has 0 unspecified atom stereocenters. The van der Waals surface area contributed by atoms with E-state index < -0.39 is 6.04 Å². The van der Waals surface area contributed by atoms with Gasteiger partial charge in [-0.25, -0.2) is 0 Å². The summed E-state index contributed by atoms with van der Waals surface area (Å²) in [5.74, 6) is 0.741. The Hall–Kier alpha value is -3.77. The van der Waals surface area contributed by atoms with Crippen LogP contribution in [0.25, 0.3) is 11.0 Å². The van der Waals surface area contributed by atoms with Crippen LogP contribution < -0.4 is 14.9 Å².